The van der Waals surface area contributed by atoms with Crippen molar-refractivity contribution in [2.24, 2.45) is 17.1 Å². The van der Waals surface area contributed by atoms with Gasteiger partial charge in [-0.2, -0.15) is 0 Å². The van der Waals surface area contributed by atoms with E-state index in [-0.39, 0.29) is 16.9 Å². The summed E-state index contributed by atoms with van der Waals surface area (Å²) in [6.07, 6.45) is 2.56. The van der Waals surface area contributed by atoms with E-state index in [1.165, 1.54) is 29.5 Å². The number of anilines is 1. The van der Waals surface area contributed by atoms with E-state index in [9.17, 15) is 19.7 Å². The fraction of sp³-hybridized carbons (Fsp3) is 0.333. The van der Waals surface area contributed by atoms with Gasteiger partial charge in [0.15, 0.2) is 5.76 Å². The van der Waals surface area contributed by atoms with E-state index < -0.39 is 16.7 Å². The molecule has 0 radical (unpaired) electrons. The molecule has 33 heavy (non-hydrogen) atoms. The van der Waals surface area contributed by atoms with E-state index in [2.05, 4.69) is 26.1 Å². The molecule has 0 saturated carbocycles. The number of thiophene rings is 1. The molecule has 3 aromatic rings. The number of hydrogen-bond acceptors (Lipinski definition) is 6. The highest BCUT2D eigenvalue weighted by Gasteiger charge is 2.33. The van der Waals surface area contributed by atoms with Crippen LogP contribution in [0.4, 0.5) is 10.7 Å². The quantitative estimate of drug-likeness (QED) is 0.382. The predicted molar refractivity (Wildman–Crippen MR) is 127 cm³/mol. The fourth-order valence-electron chi connectivity index (χ4n) is 4.23. The highest BCUT2D eigenvalue weighted by molar-refractivity contribution is 7.17. The number of nitrogens with one attached hydrogen (secondary N) is 1. The lowest BCUT2D eigenvalue weighted by atomic mass is 9.72. The van der Waals surface area contributed by atoms with Crippen LogP contribution in [0.15, 0.2) is 40.8 Å². The van der Waals surface area contributed by atoms with Gasteiger partial charge in [-0.15, -0.1) is 11.3 Å². The fourth-order valence-corrected chi connectivity index (χ4v) is 5.55. The Morgan fingerprint density at radius 2 is 2.00 bits per heavy atom. The number of fused-ring (bicyclic) bond motifs is 1. The molecule has 0 bridgehead atoms. The van der Waals surface area contributed by atoms with E-state index in [0.717, 1.165) is 29.7 Å². The number of nitrogens with zero attached hydrogens (tertiary/aromatic N) is 1. The van der Waals surface area contributed by atoms with E-state index in [1.54, 1.807) is 18.2 Å². The number of rotatable bonds is 5. The minimum Gasteiger partial charge on any atom is -0.451 e. The lowest BCUT2D eigenvalue weighted by Crippen LogP contribution is -2.27. The van der Waals surface area contributed by atoms with Gasteiger partial charge < -0.3 is 15.5 Å². The van der Waals surface area contributed by atoms with Crippen LogP contribution in [0.1, 0.15) is 58.5 Å². The van der Waals surface area contributed by atoms with E-state index in [1.807, 2.05) is 0 Å². The third kappa shape index (κ3) is 4.54. The third-order valence-electron chi connectivity index (χ3n) is 6.13. The zero-order valence-electron chi connectivity index (χ0n) is 18.6. The Balaban J connectivity index is 1.59. The zero-order valence-corrected chi connectivity index (χ0v) is 19.5. The first kappa shape index (κ1) is 22.7. The minimum absolute atomic E-state index is 0.0332. The van der Waals surface area contributed by atoms with Crippen molar-refractivity contribution in [1.82, 2.24) is 0 Å². The average Bonchev–Trinajstić information content (AvgIpc) is 3.37. The number of carbonyl (C=O) groups is 2. The molecule has 1 aliphatic rings. The van der Waals surface area contributed by atoms with Crippen molar-refractivity contribution in [3.05, 3.63) is 68.3 Å². The number of benzene rings is 1. The highest BCUT2D eigenvalue weighted by atomic mass is 32.1. The molecule has 0 saturated heterocycles. The number of carbonyl (C=O) groups excluding carboxylic acids is 2. The van der Waals surface area contributed by atoms with Gasteiger partial charge in [0.05, 0.1) is 10.5 Å². The molecule has 2 aromatic heterocycles. The Morgan fingerprint density at radius 1 is 1.24 bits per heavy atom. The largest absolute Gasteiger partial charge is 0.451 e. The van der Waals surface area contributed by atoms with Crippen LogP contribution in [0.3, 0.4) is 0 Å². The maximum absolute atomic E-state index is 12.9. The second-order valence-electron chi connectivity index (χ2n) is 9.30. The molecule has 4 rings (SSSR count). The number of hydrogen-bond donors (Lipinski definition) is 2. The van der Waals surface area contributed by atoms with Gasteiger partial charge in [0, 0.05) is 22.6 Å². The summed E-state index contributed by atoms with van der Waals surface area (Å²) in [4.78, 5) is 36.7. The second-order valence-corrected chi connectivity index (χ2v) is 10.4. The van der Waals surface area contributed by atoms with Gasteiger partial charge in [0.25, 0.3) is 17.5 Å². The normalized spacial score (nSPS) is 15.7. The number of furan rings is 1. The van der Waals surface area contributed by atoms with Crippen molar-refractivity contribution in [2.45, 2.75) is 40.0 Å². The van der Waals surface area contributed by atoms with Crippen molar-refractivity contribution in [3.8, 4) is 11.3 Å². The molecule has 8 nitrogen and oxygen atoms in total. The smallest absolute Gasteiger partial charge is 0.292 e. The average molecular weight is 468 g/mol. The van der Waals surface area contributed by atoms with Crippen molar-refractivity contribution < 1.29 is 18.9 Å². The number of nitrogens with two attached hydrogens (primary N) is 1. The highest BCUT2D eigenvalue weighted by Crippen LogP contribution is 2.44. The third-order valence-corrected chi connectivity index (χ3v) is 7.30. The van der Waals surface area contributed by atoms with Crippen molar-refractivity contribution in [3.63, 3.8) is 0 Å². The van der Waals surface area contributed by atoms with Crippen molar-refractivity contribution in [1.29, 1.82) is 0 Å². The molecule has 0 fully saturated rings. The van der Waals surface area contributed by atoms with Crippen molar-refractivity contribution in [2.75, 3.05) is 5.32 Å². The summed E-state index contributed by atoms with van der Waals surface area (Å²) < 4.78 is 5.66. The molecule has 1 aromatic carbocycles. The summed E-state index contributed by atoms with van der Waals surface area (Å²) in [6.45, 7) is 6.64. The van der Waals surface area contributed by atoms with Crippen LogP contribution in [-0.4, -0.2) is 16.7 Å². The lowest BCUT2D eigenvalue weighted by molar-refractivity contribution is -0.384. The van der Waals surface area contributed by atoms with Gasteiger partial charge in [-0.3, -0.25) is 19.7 Å². The van der Waals surface area contributed by atoms with E-state index in [4.69, 9.17) is 10.2 Å². The first-order valence-electron chi connectivity index (χ1n) is 10.6. The summed E-state index contributed by atoms with van der Waals surface area (Å²) in [5.74, 6) is -0.229. The number of nitro benzene ring substituents is 1. The summed E-state index contributed by atoms with van der Waals surface area (Å²) >= 11 is 1.39. The van der Waals surface area contributed by atoms with Crippen LogP contribution in [0.5, 0.6) is 0 Å². The van der Waals surface area contributed by atoms with Crippen LogP contribution >= 0.6 is 11.3 Å². The Kier molecular flexibility index (Phi) is 5.84. The first-order chi connectivity index (χ1) is 15.5. The summed E-state index contributed by atoms with van der Waals surface area (Å²) in [5, 5.41) is 14.2. The van der Waals surface area contributed by atoms with Gasteiger partial charge >= 0.3 is 0 Å². The van der Waals surface area contributed by atoms with E-state index >= 15 is 0 Å². The SMILES string of the molecule is CC(C)(C)[C@H]1CCc2c(sc(NC(=O)c3ccc(-c4cccc([N+](=O)[O-])c4)o3)c2C(N)=O)C1. The molecule has 1 aliphatic carbocycles. The van der Waals surface area contributed by atoms with Gasteiger partial charge in [0.1, 0.15) is 10.8 Å². The number of amides is 2. The summed E-state index contributed by atoms with van der Waals surface area (Å²) in [5.41, 5.74) is 7.55. The number of nitro groups is 1. The Hall–Kier alpha value is -3.46. The predicted octanol–water partition coefficient (Wildman–Crippen LogP) is 5.42. The zero-order chi connectivity index (χ0) is 23.9. The molecule has 0 spiro atoms. The van der Waals surface area contributed by atoms with Crippen LogP contribution in [0.25, 0.3) is 11.3 Å². The summed E-state index contributed by atoms with van der Waals surface area (Å²) in [6, 6.07) is 9.05. The molecule has 0 aliphatic heterocycles. The second kappa shape index (κ2) is 8.47. The van der Waals surface area contributed by atoms with Crippen LogP contribution in [0, 0.1) is 21.4 Å². The first-order valence-corrected chi connectivity index (χ1v) is 11.5. The molecule has 1 atom stereocenters. The van der Waals surface area contributed by atoms with Gasteiger partial charge in [-0.25, -0.2) is 0 Å². The van der Waals surface area contributed by atoms with Crippen molar-refractivity contribution >= 4 is 33.8 Å². The standard InChI is InChI=1S/C24H25N3O5S/c1-24(2,3)14-7-8-16-19(12-14)33-23(20(16)21(25)28)26-22(29)18-10-9-17(32-18)13-5-4-6-15(11-13)27(30)31/h4-6,9-11,14H,7-8,12H2,1-3H3,(H2,25,28)(H,26,29)/t14-/m0/s1. The monoisotopic (exact) mass is 467 g/mol. The molecule has 3 N–H and O–H groups in total. The molecular formula is C24H25N3O5S. The van der Waals surface area contributed by atoms with Crippen LogP contribution < -0.4 is 11.1 Å². The maximum atomic E-state index is 12.9. The Labute approximate surface area is 194 Å². The molecule has 2 heterocycles. The Morgan fingerprint density at radius 3 is 2.67 bits per heavy atom. The van der Waals surface area contributed by atoms with Gasteiger partial charge in [-0.05, 0) is 48.3 Å². The maximum Gasteiger partial charge on any atom is 0.292 e. The number of non-ortho nitro benzene ring substituents is 1. The molecule has 172 valence electrons. The lowest BCUT2D eigenvalue weighted by Gasteiger charge is -2.33. The minimum atomic E-state index is -0.561. The topological polar surface area (TPSA) is 128 Å². The molecule has 2 amide bonds. The summed E-state index contributed by atoms with van der Waals surface area (Å²) in [7, 11) is 0. The van der Waals surface area contributed by atoms with Gasteiger partial charge in [0.2, 0.25) is 0 Å². The van der Waals surface area contributed by atoms with Gasteiger partial charge in [-0.1, -0.05) is 32.9 Å². The van der Waals surface area contributed by atoms with E-state index in [0.29, 0.717) is 27.8 Å². The molecule has 9 heteroatoms. The molecular weight excluding hydrogens is 442 g/mol. The molecule has 0 unspecified atom stereocenters. The van der Waals surface area contributed by atoms with Crippen LogP contribution in [-0.2, 0) is 12.8 Å². The Bertz CT molecular complexity index is 1250. The number of primary amides is 1. The van der Waals surface area contributed by atoms with Crippen LogP contribution in [0.2, 0.25) is 0 Å².